The first kappa shape index (κ1) is 44.0. The van der Waals surface area contributed by atoms with E-state index in [1.807, 2.05) is 24.1 Å². The van der Waals surface area contributed by atoms with E-state index < -0.39 is 23.8 Å². The summed E-state index contributed by atoms with van der Waals surface area (Å²) in [5.41, 5.74) is 2.94. The van der Waals surface area contributed by atoms with Gasteiger partial charge in [-0.25, -0.2) is 4.79 Å². The topological polar surface area (TPSA) is 158 Å². The van der Waals surface area contributed by atoms with Crippen LogP contribution >= 0.6 is 0 Å². The van der Waals surface area contributed by atoms with E-state index in [0.717, 1.165) is 61.8 Å². The quantitative estimate of drug-likeness (QED) is 0.0680. The average Bonchev–Trinajstić information content (AvgIpc) is 3.77. The second kappa shape index (κ2) is 20.6. The molecule has 0 spiro atoms. The Morgan fingerprint density at radius 1 is 0.983 bits per heavy atom. The maximum atomic E-state index is 14.2. The molecule has 1 heterocycles. The predicted octanol–water partition coefficient (Wildman–Crippen LogP) is 8.01. The minimum absolute atomic E-state index is 0.0269. The molecule has 0 aromatic heterocycles. The van der Waals surface area contributed by atoms with Crippen LogP contribution in [-0.2, 0) is 14.4 Å². The van der Waals surface area contributed by atoms with Crippen LogP contribution in [0.5, 0.6) is 23.0 Å². The monoisotopic (exact) mass is 817 g/mol. The number of benzene rings is 2. The number of rotatable bonds is 20. The number of aliphatic hydroxyl groups is 2. The maximum Gasteiger partial charge on any atom is 0.417 e. The largest absolute Gasteiger partial charge is 0.497 e. The van der Waals surface area contributed by atoms with Crippen LogP contribution < -0.4 is 24.3 Å². The summed E-state index contributed by atoms with van der Waals surface area (Å²) < 4.78 is 30.9. The molecule has 0 radical (unpaired) electrons. The SMILES string of the molecule is C=CCO[C@@]12Oc3ccc(OC(=O)Nc4ccc(OC)cc4OC)cc3[C@H]3[C@H](CCCCO)[C@@H](CCCCO)C=C(C(=NOC)C[C@@H]1N(C)C(=O)CCC1CCCC1)[C@H]32. The third kappa shape index (κ3) is 9.74. The zero-order valence-electron chi connectivity index (χ0n) is 35.2. The van der Waals surface area contributed by atoms with Gasteiger partial charge in [0.05, 0.1) is 38.1 Å². The van der Waals surface area contributed by atoms with E-state index in [1.54, 1.807) is 37.5 Å². The van der Waals surface area contributed by atoms with Gasteiger partial charge in [0.25, 0.3) is 0 Å². The number of likely N-dealkylation sites (N-methyl/N-ethyl adjacent to an activating group) is 1. The number of anilines is 1. The smallest absolute Gasteiger partial charge is 0.417 e. The van der Waals surface area contributed by atoms with Gasteiger partial charge in [0.15, 0.2) is 0 Å². The van der Waals surface area contributed by atoms with Crippen molar-refractivity contribution in [3.05, 3.63) is 66.3 Å². The number of carbonyl (C=O) groups is 2. The molecule has 6 rings (SSSR count). The highest BCUT2D eigenvalue weighted by atomic mass is 16.7. The van der Waals surface area contributed by atoms with E-state index >= 15 is 0 Å². The summed E-state index contributed by atoms with van der Waals surface area (Å²) >= 11 is 0. The molecule has 3 N–H and O–H groups in total. The van der Waals surface area contributed by atoms with Crippen molar-refractivity contribution in [3.8, 4) is 23.0 Å². The van der Waals surface area contributed by atoms with Crippen molar-refractivity contribution >= 4 is 23.4 Å². The van der Waals surface area contributed by atoms with Crippen LogP contribution in [-0.4, -0.2) is 92.9 Å². The van der Waals surface area contributed by atoms with Crippen molar-refractivity contribution in [2.45, 2.75) is 101 Å². The normalized spacial score (nSPS) is 25.2. The Morgan fingerprint density at radius 2 is 1.73 bits per heavy atom. The standard InChI is InChI=1S/C46H63N3O10/c1-6-25-57-46-41(49(2)42(52)22-17-30-13-7-8-14-30)29-38(48-56-5)35-26-31(15-9-11-23-50)34(16-10-12-24-51)43(44(35)46)36-27-33(19-21-39(36)59-46)58-45(53)47-37-20-18-32(54-3)28-40(37)55-4/h6,18-21,26-28,30-31,34,41,43-44,50-51H,1,7-17,22-25,29H2,2-5H3,(H,47,53)/t31-,34+,41-,43+,44+,46+/m0/s1. The summed E-state index contributed by atoms with van der Waals surface area (Å²) in [4.78, 5) is 35.0. The molecule has 322 valence electrons. The van der Waals surface area contributed by atoms with E-state index in [0.29, 0.717) is 60.3 Å². The lowest BCUT2D eigenvalue weighted by Gasteiger charge is -2.59. The number of allylic oxidation sites excluding steroid dienone is 1. The summed E-state index contributed by atoms with van der Waals surface area (Å²) in [6, 6.07) is 9.91. The highest BCUT2D eigenvalue weighted by Crippen LogP contribution is 2.62. The molecule has 13 heteroatoms. The number of nitrogens with zero attached hydrogens (tertiary/aromatic N) is 2. The van der Waals surface area contributed by atoms with Crippen molar-refractivity contribution in [1.82, 2.24) is 4.90 Å². The fraction of sp³-hybridized carbons (Fsp3) is 0.587. The molecule has 0 bridgehead atoms. The highest BCUT2D eigenvalue weighted by Gasteiger charge is 2.65. The summed E-state index contributed by atoms with van der Waals surface area (Å²) in [5.74, 6) is 0.536. The van der Waals surface area contributed by atoms with Gasteiger partial charge in [0, 0.05) is 50.7 Å². The van der Waals surface area contributed by atoms with E-state index in [2.05, 4.69) is 23.1 Å². The number of amides is 2. The zero-order chi connectivity index (χ0) is 41.9. The van der Waals surface area contributed by atoms with Crippen LogP contribution in [0.3, 0.4) is 0 Å². The van der Waals surface area contributed by atoms with Gasteiger partial charge in [-0.15, -0.1) is 6.58 Å². The van der Waals surface area contributed by atoms with Gasteiger partial charge < -0.3 is 43.6 Å². The number of oxime groups is 1. The molecule has 4 aliphatic rings. The molecule has 0 unspecified atom stereocenters. The Morgan fingerprint density at radius 3 is 2.42 bits per heavy atom. The van der Waals surface area contributed by atoms with E-state index in [-0.39, 0.29) is 43.5 Å². The van der Waals surface area contributed by atoms with E-state index in [1.165, 1.54) is 27.1 Å². The van der Waals surface area contributed by atoms with Crippen LogP contribution in [0.15, 0.2) is 65.9 Å². The Bertz CT molecular complexity index is 1830. The molecule has 2 aromatic carbocycles. The fourth-order valence-corrected chi connectivity index (χ4v) is 10.0. The van der Waals surface area contributed by atoms with Crippen molar-refractivity contribution in [2.24, 2.45) is 28.8 Å². The first-order valence-electron chi connectivity index (χ1n) is 21.3. The molecule has 2 saturated carbocycles. The lowest BCUT2D eigenvalue weighted by Crippen LogP contribution is -2.69. The molecule has 3 aliphatic carbocycles. The summed E-state index contributed by atoms with van der Waals surface area (Å²) in [6.07, 6.45) is 14.2. The Labute approximate surface area is 348 Å². The molecule has 13 nitrogen and oxygen atoms in total. The number of hydrogen-bond donors (Lipinski definition) is 3. The number of fused-ring (bicyclic) bond motifs is 2. The van der Waals surface area contributed by atoms with E-state index in [4.69, 9.17) is 28.5 Å². The van der Waals surface area contributed by atoms with E-state index in [9.17, 15) is 19.8 Å². The first-order valence-corrected chi connectivity index (χ1v) is 21.3. The van der Waals surface area contributed by atoms with Gasteiger partial charge in [-0.3, -0.25) is 10.1 Å². The molecule has 2 aromatic rings. The number of hydrogen-bond acceptors (Lipinski definition) is 11. The first-order chi connectivity index (χ1) is 28.7. The Kier molecular flexibility index (Phi) is 15.3. The van der Waals surface area contributed by atoms with Crippen molar-refractivity contribution in [1.29, 1.82) is 0 Å². The van der Waals surface area contributed by atoms with Gasteiger partial charge in [-0.05, 0) is 85.8 Å². The van der Waals surface area contributed by atoms with Crippen molar-refractivity contribution in [3.63, 3.8) is 0 Å². The second-order valence-corrected chi connectivity index (χ2v) is 16.2. The number of nitrogens with one attached hydrogen (secondary N) is 1. The minimum atomic E-state index is -1.34. The number of carbonyl (C=O) groups excluding carboxylic acids is 2. The van der Waals surface area contributed by atoms with Gasteiger partial charge in [-0.1, -0.05) is 55.8 Å². The number of methoxy groups -OCH3 is 2. The van der Waals surface area contributed by atoms with Crippen molar-refractivity contribution in [2.75, 3.05) is 53.5 Å². The molecular formula is C46H63N3O10. The third-order valence-corrected chi connectivity index (χ3v) is 12.8. The number of aliphatic hydroxyl groups excluding tert-OH is 2. The summed E-state index contributed by atoms with van der Waals surface area (Å²) in [7, 11) is 6.45. The second-order valence-electron chi connectivity index (χ2n) is 16.2. The molecule has 2 fully saturated rings. The molecule has 0 saturated heterocycles. The number of ether oxygens (including phenoxy) is 5. The van der Waals surface area contributed by atoms with Gasteiger partial charge in [0.2, 0.25) is 11.7 Å². The highest BCUT2D eigenvalue weighted by molar-refractivity contribution is 6.03. The van der Waals surface area contributed by atoms with Gasteiger partial charge >= 0.3 is 6.09 Å². The zero-order valence-corrected chi connectivity index (χ0v) is 35.2. The molecule has 2 amide bonds. The lowest BCUT2D eigenvalue weighted by atomic mass is 9.55. The summed E-state index contributed by atoms with van der Waals surface area (Å²) in [6.45, 7) is 4.35. The van der Waals surface area contributed by atoms with Crippen molar-refractivity contribution < 1.29 is 48.3 Å². The maximum absolute atomic E-state index is 14.2. The predicted molar refractivity (Wildman–Crippen MR) is 225 cm³/mol. The molecule has 1 aliphatic heterocycles. The van der Waals surface area contributed by atoms with Crippen LogP contribution in [0.4, 0.5) is 10.5 Å². The summed E-state index contributed by atoms with van der Waals surface area (Å²) in [5, 5.41) is 27.1. The third-order valence-electron chi connectivity index (χ3n) is 12.8. The lowest BCUT2D eigenvalue weighted by molar-refractivity contribution is -0.255. The molecule has 59 heavy (non-hydrogen) atoms. The molecular weight excluding hydrogens is 755 g/mol. The Balaban J connectivity index is 1.45. The van der Waals surface area contributed by atoms with Gasteiger partial charge in [-0.2, -0.15) is 0 Å². The fourth-order valence-electron chi connectivity index (χ4n) is 10.0. The minimum Gasteiger partial charge on any atom is -0.497 e. The van der Waals surface area contributed by atoms with Crippen LogP contribution in [0.2, 0.25) is 0 Å². The Hall–Kier alpha value is -4.59. The van der Waals surface area contributed by atoms with Crippen LogP contribution in [0, 0.1) is 23.7 Å². The average molecular weight is 818 g/mol. The van der Waals surface area contributed by atoms with Crippen LogP contribution in [0.1, 0.15) is 95.0 Å². The molecule has 6 atom stereocenters. The number of unbranched alkanes of at least 4 members (excludes halogenated alkanes) is 2. The van der Waals surface area contributed by atoms with Crippen LogP contribution in [0.25, 0.3) is 0 Å². The van der Waals surface area contributed by atoms with Gasteiger partial charge in [0.1, 0.15) is 36.1 Å².